The Morgan fingerprint density at radius 1 is 1.41 bits per heavy atom. The van der Waals surface area contributed by atoms with E-state index in [4.69, 9.17) is 4.74 Å². The summed E-state index contributed by atoms with van der Waals surface area (Å²) in [4.78, 5) is 4.34. The summed E-state index contributed by atoms with van der Waals surface area (Å²) in [6.45, 7) is 9.19. The molecule has 1 heterocycles. The van der Waals surface area contributed by atoms with Gasteiger partial charge in [0.25, 0.3) is 0 Å². The molecule has 0 radical (unpaired) electrons. The molecule has 0 aromatic carbocycles. The number of aromatic nitrogens is 1. The van der Waals surface area contributed by atoms with E-state index in [0.29, 0.717) is 6.04 Å². The molecule has 1 N–H and O–H groups in total. The van der Waals surface area contributed by atoms with Crippen LogP contribution in [0.25, 0.3) is 0 Å². The molecule has 1 atom stereocenters. The summed E-state index contributed by atoms with van der Waals surface area (Å²) in [5.74, 6) is 0.732. The van der Waals surface area contributed by atoms with E-state index in [1.807, 2.05) is 0 Å². The van der Waals surface area contributed by atoms with Gasteiger partial charge in [0.05, 0.1) is 6.10 Å². The fourth-order valence-corrected chi connectivity index (χ4v) is 1.67. The topological polar surface area (TPSA) is 34.1 Å². The zero-order valence-corrected chi connectivity index (χ0v) is 12.5. The normalized spacial score (nSPS) is 12.8. The fraction of sp³-hybridized carbons (Fsp3) is 0.615. The third-order valence-electron chi connectivity index (χ3n) is 2.48. The van der Waals surface area contributed by atoms with Gasteiger partial charge in [-0.1, -0.05) is 20.8 Å². The van der Waals surface area contributed by atoms with Crippen LogP contribution < -0.4 is 10.1 Å². The SMILES string of the molecule is CCC(C)Oc1ncc(Br)cc1CNC(C)C. The van der Waals surface area contributed by atoms with Gasteiger partial charge < -0.3 is 10.1 Å². The maximum absolute atomic E-state index is 5.81. The van der Waals surface area contributed by atoms with Crippen LogP contribution in [-0.2, 0) is 6.54 Å². The molecular weight excluding hydrogens is 280 g/mol. The molecule has 96 valence electrons. The van der Waals surface area contributed by atoms with E-state index >= 15 is 0 Å². The number of rotatable bonds is 6. The highest BCUT2D eigenvalue weighted by Crippen LogP contribution is 2.21. The van der Waals surface area contributed by atoms with E-state index in [1.165, 1.54) is 0 Å². The van der Waals surface area contributed by atoms with Crippen molar-refractivity contribution in [1.29, 1.82) is 0 Å². The Hall–Kier alpha value is -0.610. The molecule has 4 heteroatoms. The lowest BCUT2D eigenvalue weighted by Crippen LogP contribution is -2.23. The van der Waals surface area contributed by atoms with Crippen molar-refractivity contribution in [1.82, 2.24) is 10.3 Å². The monoisotopic (exact) mass is 300 g/mol. The van der Waals surface area contributed by atoms with Crippen molar-refractivity contribution >= 4 is 15.9 Å². The number of halogens is 1. The number of nitrogens with zero attached hydrogens (tertiary/aromatic N) is 1. The number of ether oxygens (including phenoxy) is 1. The first-order valence-corrected chi connectivity index (χ1v) is 6.86. The van der Waals surface area contributed by atoms with Crippen LogP contribution in [0.4, 0.5) is 0 Å². The molecule has 3 nitrogen and oxygen atoms in total. The van der Waals surface area contributed by atoms with Gasteiger partial charge in [0.15, 0.2) is 0 Å². The number of nitrogens with one attached hydrogen (secondary N) is 1. The minimum Gasteiger partial charge on any atom is -0.474 e. The Morgan fingerprint density at radius 3 is 2.71 bits per heavy atom. The van der Waals surface area contributed by atoms with Gasteiger partial charge >= 0.3 is 0 Å². The van der Waals surface area contributed by atoms with Crippen molar-refractivity contribution in [3.8, 4) is 5.88 Å². The summed E-state index contributed by atoms with van der Waals surface area (Å²) in [7, 11) is 0. The van der Waals surface area contributed by atoms with Crippen LogP contribution in [0.3, 0.4) is 0 Å². The summed E-state index contributed by atoms with van der Waals surface area (Å²) in [5.41, 5.74) is 1.09. The highest BCUT2D eigenvalue weighted by molar-refractivity contribution is 9.10. The van der Waals surface area contributed by atoms with Crippen LogP contribution in [-0.4, -0.2) is 17.1 Å². The average Bonchev–Trinajstić information content (AvgIpc) is 2.29. The van der Waals surface area contributed by atoms with Crippen LogP contribution in [0.15, 0.2) is 16.7 Å². The van der Waals surface area contributed by atoms with E-state index in [9.17, 15) is 0 Å². The van der Waals surface area contributed by atoms with Gasteiger partial charge in [-0.05, 0) is 35.3 Å². The number of pyridine rings is 1. The first-order valence-electron chi connectivity index (χ1n) is 6.07. The molecule has 0 saturated heterocycles. The molecule has 17 heavy (non-hydrogen) atoms. The second kappa shape index (κ2) is 6.97. The molecule has 1 aromatic rings. The lowest BCUT2D eigenvalue weighted by molar-refractivity contribution is 0.205. The van der Waals surface area contributed by atoms with Crippen LogP contribution >= 0.6 is 15.9 Å². The van der Waals surface area contributed by atoms with Gasteiger partial charge in [-0.15, -0.1) is 0 Å². The Bertz CT molecular complexity index is 355. The summed E-state index contributed by atoms with van der Waals surface area (Å²) in [6.07, 6.45) is 2.95. The molecule has 1 rings (SSSR count). The van der Waals surface area contributed by atoms with Gasteiger partial charge in [0, 0.05) is 28.8 Å². The second-order valence-corrected chi connectivity index (χ2v) is 5.41. The Morgan fingerprint density at radius 2 is 2.12 bits per heavy atom. The Labute approximate surface area is 112 Å². The molecule has 0 fully saturated rings. The number of hydrogen-bond donors (Lipinski definition) is 1. The van der Waals surface area contributed by atoms with Crippen molar-refractivity contribution in [3.05, 3.63) is 22.3 Å². The van der Waals surface area contributed by atoms with Crippen molar-refractivity contribution in [3.63, 3.8) is 0 Å². The zero-order valence-electron chi connectivity index (χ0n) is 11.0. The van der Waals surface area contributed by atoms with Crippen LogP contribution in [0.5, 0.6) is 5.88 Å². The van der Waals surface area contributed by atoms with E-state index in [1.54, 1.807) is 6.20 Å². The highest BCUT2D eigenvalue weighted by atomic mass is 79.9. The van der Waals surface area contributed by atoms with Crippen LogP contribution in [0, 0.1) is 0 Å². The lowest BCUT2D eigenvalue weighted by Gasteiger charge is -2.16. The van der Waals surface area contributed by atoms with Crippen LogP contribution in [0.2, 0.25) is 0 Å². The predicted molar refractivity (Wildman–Crippen MR) is 74.3 cm³/mol. The predicted octanol–water partition coefficient (Wildman–Crippen LogP) is 3.52. The van der Waals surface area contributed by atoms with Crippen LogP contribution in [0.1, 0.15) is 39.7 Å². The third-order valence-corrected chi connectivity index (χ3v) is 2.91. The molecule has 0 amide bonds. The van der Waals surface area contributed by atoms with Gasteiger partial charge in [0.1, 0.15) is 0 Å². The fourth-order valence-electron chi connectivity index (χ4n) is 1.29. The first-order chi connectivity index (χ1) is 8.02. The summed E-state index contributed by atoms with van der Waals surface area (Å²) in [5, 5.41) is 3.38. The smallest absolute Gasteiger partial charge is 0.218 e. The quantitative estimate of drug-likeness (QED) is 0.873. The standard InChI is InChI=1S/C13H21BrN2O/c1-5-10(4)17-13-11(7-15-9(2)3)6-12(14)8-16-13/h6,8-10,15H,5,7H2,1-4H3. The highest BCUT2D eigenvalue weighted by Gasteiger charge is 2.09. The molecule has 0 saturated carbocycles. The first kappa shape index (κ1) is 14.5. The molecule has 0 aliphatic heterocycles. The Balaban J connectivity index is 2.79. The molecule has 1 unspecified atom stereocenters. The maximum atomic E-state index is 5.81. The average molecular weight is 301 g/mol. The minimum absolute atomic E-state index is 0.196. The van der Waals surface area contributed by atoms with Gasteiger partial charge in [-0.25, -0.2) is 4.98 Å². The van der Waals surface area contributed by atoms with Gasteiger partial charge in [0.2, 0.25) is 5.88 Å². The number of hydrogen-bond acceptors (Lipinski definition) is 3. The minimum atomic E-state index is 0.196. The lowest BCUT2D eigenvalue weighted by atomic mass is 10.2. The molecular formula is C13H21BrN2O. The molecule has 1 aromatic heterocycles. The Kier molecular flexibility index (Phi) is 5.92. The van der Waals surface area contributed by atoms with E-state index < -0.39 is 0 Å². The molecule has 0 aliphatic carbocycles. The third kappa shape index (κ3) is 5.04. The van der Waals surface area contributed by atoms with Crippen molar-refractivity contribution in [2.75, 3.05) is 0 Å². The molecule has 0 aliphatic rings. The maximum Gasteiger partial charge on any atom is 0.218 e. The van der Waals surface area contributed by atoms with Gasteiger partial charge in [-0.2, -0.15) is 0 Å². The van der Waals surface area contributed by atoms with Crippen molar-refractivity contribution < 1.29 is 4.74 Å². The van der Waals surface area contributed by atoms with Crippen molar-refractivity contribution in [2.45, 2.75) is 52.8 Å². The van der Waals surface area contributed by atoms with E-state index in [2.05, 4.69) is 60.0 Å². The van der Waals surface area contributed by atoms with Gasteiger partial charge in [-0.3, -0.25) is 0 Å². The van der Waals surface area contributed by atoms with Crippen molar-refractivity contribution in [2.24, 2.45) is 0 Å². The van der Waals surface area contributed by atoms with E-state index in [-0.39, 0.29) is 6.10 Å². The van der Waals surface area contributed by atoms with E-state index in [0.717, 1.165) is 28.9 Å². The largest absolute Gasteiger partial charge is 0.474 e. The second-order valence-electron chi connectivity index (χ2n) is 4.49. The zero-order chi connectivity index (χ0) is 12.8. The summed E-state index contributed by atoms with van der Waals surface area (Å²) in [6, 6.07) is 2.51. The molecule has 0 bridgehead atoms. The molecule has 0 spiro atoms. The summed E-state index contributed by atoms with van der Waals surface area (Å²) >= 11 is 3.44. The summed E-state index contributed by atoms with van der Waals surface area (Å²) < 4.78 is 6.79.